The van der Waals surface area contributed by atoms with Crippen LogP contribution in [-0.4, -0.2) is 13.1 Å². The minimum absolute atomic E-state index is 0.737. The van der Waals surface area contributed by atoms with Crippen molar-refractivity contribution in [1.29, 1.82) is 0 Å². The van der Waals surface area contributed by atoms with E-state index >= 15 is 0 Å². The summed E-state index contributed by atoms with van der Waals surface area (Å²) < 4.78 is 1.27. The summed E-state index contributed by atoms with van der Waals surface area (Å²) in [5.41, 5.74) is 1.46. The molecule has 0 saturated heterocycles. The molecule has 0 heterocycles. The molecule has 1 unspecified atom stereocenters. The molecule has 2 heteroatoms. The lowest BCUT2D eigenvalue weighted by Crippen LogP contribution is -2.28. The van der Waals surface area contributed by atoms with Crippen LogP contribution in [0.2, 0.25) is 0 Å². The van der Waals surface area contributed by atoms with Crippen molar-refractivity contribution in [1.82, 2.24) is 5.32 Å². The van der Waals surface area contributed by atoms with E-state index in [1.54, 1.807) is 0 Å². The normalized spacial score (nSPS) is 17.5. The lowest BCUT2D eigenvalue weighted by molar-refractivity contribution is 0.351. The average Bonchev–Trinajstić information content (AvgIpc) is 2.93. The van der Waals surface area contributed by atoms with E-state index in [0.717, 1.165) is 30.8 Å². The molecule has 21 heavy (non-hydrogen) atoms. The Kier molecular flexibility index (Phi) is 7.25. The van der Waals surface area contributed by atoms with Crippen LogP contribution < -0.4 is 5.32 Å². The Labute approximate surface area is 139 Å². The minimum Gasteiger partial charge on any atom is -0.316 e. The highest BCUT2D eigenvalue weighted by atomic mass is 79.9. The van der Waals surface area contributed by atoms with Crippen LogP contribution in [0.25, 0.3) is 0 Å². The quantitative estimate of drug-likeness (QED) is 0.657. The van der Waals surface area contributed by atoms with Crippen LogP contribution in [0.3, 0.4) is 0 Å². The maximum absolute atomic E-state index is 3.71. The zero-order chi connectivity index (χ0) is 15.1. The van der Waals surface area contributed by atoms with Crippen LogP contribution in [0.15, 0.2) is 28.7 Å². The molecule has 1 aromatic rings. The van der Waals surface area contributed by atoms with Gasteiger partial charge >= 0.3 is 0 Å². The van der Waals surface area contributed by atoms with E-state index in [9.17, 15) is 0 Å². The summed E-state index contributed by atoms with van der Waals surface area (Å²) in [5, 5.41) is 3.68. The lowest BCUT2D eigenvalue weighted by Gasteiger charge is -2.22. The molecule has 1 fully saturated rings. The van der Waals surface area contributed by atoms with E-state index < -0.39 is 0 Å². The molecular weight excluding hydrogens is 322 g/mol. The topological polar surface area (TPSA) is 12.0 Å². The highest BCUT2D eigenvalue weighted by Gasteiger charge is 2.21. The number of hydrogen-bond donors (Lipinski definition) is 1. The third-order valence-corrected chi connectivity index (χ3v) is 5.37. The second-order valence-electron chi connectivity index (χ2n) is 7.10. The Balaban J connectivity index is 1.91. The van der Waals surface area contributed by atoms with Gasteiger partial charge in [-0.15, -0.1) is 0 Å². The summed E-state index contributed by atoms with van der Waals surface area (Å²) in [7, 11) is 0. The van der Waals surface area contributed by atoms with Crippen molar-refractivity contribution in [3.63, 3.8) is 0 Å². The van der Waals surface area contributed by atoms with Crippen LogP contribution in [0.5, 0.6) is 0 Å². The first-order valence-electron chi connectivity index (χ1n) is 8.59. The predicted octanol–water partition coefficient (Wildman–Crippen LogP) is 5.43. The van der Waals surface area contributed by atoms with E-state index in [0.29, 0.717) is 0 Å². The number of benzene rings is 1. The van der Waals surface area contributed by atoms with Crippen molar-refractivity contribution < 1.29 is 0 Å². The molecule has 1 aliphatic carbocycles. The monoisotopic (exact) mass is 351 g/mol. The van der Waals surface area contributed by atoms with Gasteiger partial charge in [-0.1, -0.05) is 73.7 Å². The molecule has 2 rings (SSSR count). The maximum atomic E-state index is 3.71. The Morgan fingerprint density at radius 2 is 1.86 bits per heavy atom. The maximum Gasteiger partial charge on any atom is 0.0207 e. The molecule has 1 saturated carbocycles. The highest BCUT2D eigenvalue weighted by molar-refractivity contribution is 9.10. The van der Waals surface area contributed by atoms with Crippen LogP contribution in [-0.2, 0) is 6.42 Å². The first-order chi connectivity index (χ1) is 10.1. The van der Waals surface area contributed by atoms with E-state index in [2.05, 4.69) is 59.4 Å². The average molecular weight is 352 g/mol. The van der Waals surface area contributed by atoms with Crippen molar-refractivity contribution in [2.24, 2.45) is 17.8 Å². The van der Waals surface area contributed by atoms with Gasteiger partial charge in [-0.25, -0.2) is 0 Å². The number of halogens is 1. The van der Waals surface area contributed by atoms with E-state index in [4.69, 9.17) is 0 Å². The molecular formula is C19H30BrN. The first kappa shape index (κ1) is 17.0. The molecule has 1 atom stereocenters. The molecule has 0 aromatic heterocycles. The summed E-state index contributed by atoms with van der Waals surface area (Å²) in [6.07, 6.45) is 8.40. The van der Waals surface area contributed by atoms with Crippen molar-refractivity contribution in [2.75, 3.05) is 13.1 Å². The van der Waals surface area contributed by atoms with Crippen LogP contribution >= 0.6 is 15.9 Å². The summed E-state index contributed by atoms with van der Waals surface area (Å²) in [6.45, 7) is 6.87. The lowest BCUT2D eigenvalue weighted by atomic mass is 9.88. The molecule has 0 bridgehead atoms. The molecule has 0 amide bonds. The fourth-order valence-corrected chi connectivity index (χ4v) is 3.95. The zero-order valence-electron chi connectivity index (χ0n) is 13.6. The fraction of sp³-hybridized carbons (Fsp3) is 0.684. The van der Waals surface area contributed by atoms with Gasteiger partial charge in [0, 0.05) is 4.47 Å². The van der Waals surface area contributed by atoms with Crippen molar-refractivity contribution in [2.45, 2.75) is 52.4 Å². The van der Waals surface area contributed by atoms with Gasteiger partial charge in [-0.05, 0) is 55.3 Å². The zero-order valence-corrected chi connectivity index (χ0v) is 15.2. The molecule has 0 radical (unpaired) electrons. The Hall–Kier alpha value is -0.340. The number of nitrogens with one attached hydrogen (secondary N) is 1. The Morgan fingerprint density at radius 3 is 2.52 bits per heavy atom. The van der Waals surface area contributed by atoms with Crippen molar-refractivity contribution in [3.05, 3.63) is 34.3 Å². The first-order valence-corrected chi connectivity index (χ1v) is 9.38. The van der Waals surface area contributed by atoms with Gasteiger partial charge in [0.25, 0.3) is 0 Å². The largest absolute Gasteiger partial charge is 0.316 e. The summed E-state index contributed by atoms with van der Waals surface area (Å²) in [6, 6.07) is 8.71. The van der Waals surface area contributed by atoms with Gasteiger partial charge in [-0.3, -0.25) is 0 Å². The predicted molar refractivity (Wildman–Crippen MR) is 95.6 cm³/mol. The fourth-order valence-electron chi connectivity index (χ4n) is 3.51. The molecule has 1 N–H and O–H groups in total. The van der Waals surface area contributed by atoms with E-state index in [1.165, 1.54) is 48.6 Å². The van der Waals surface area contributed by atoms with Gasteiger partial charge in [0.1, 0.15) is 0 Å². The molecule has 118 valence electrons. The summed E-state index contributed by atoms with van der Waals surface area (Å²) in [5.74, 6) is 2.48. The van der Waals surface area contributed by atoms with Gasteiger partial charge in [-0.2, -0.15) is 0 Å². The summed E-state index contributed by atoms with van der Waals surface area (Å²) in [4.78, 5) is 0. The standard InChI is InChI=1S/C19H30BrN/c1-15(2)13-21-14-17(11-16-7-3-4-8-16)12-18-9-5-6-10-19(18)20/h5-6,9-10,15-17,21H,3-4,7-8,11-14H2,1-2H3. The van der Waals surface area contributed by atoms with Crippen LogP contribution in [0.4, 0.5) is 0 Å². The second-order valence-corrected chi connectivity index (χ2v) is 7.95. The van der Waals surface area contributed by atoms with Gasteiger partial charge < -0.3 is 5.32 Å². The number of rotatable bonds is 8. The van der Waals surface area contributed by atoms with Crippen LogP contribution in [0.1, 0.15) is 51.5 Å². The third kappa shape index (κ3) is 6.12. The van der Waals surface area contributed by atoms with Gasteiger partial charge in [0.15, 0.2) is 0 Å². The van der Waals surface area contributed by atoms with E-state index in [-0.39, 0.29) is 0 Å². The SMILES string of the molecule is CC(C)CNCC(Cc1ccccc1Br)CC1CCCC1. The molecule has 1 aliphatic rings. The molecule has 0 aliphatic heterocycles. The Morgan fingerprint density at radius 1 is 1.14 bits per heavy atom. The molecule has 1 aromatic carbocycles. The summed E-state index contributed by atoms with van der Waals surface area (Å²) >= 11 is 3.71. The highest BCUT2D eigenvalue weighted by Crippen LogP contribution is 2.32. The molecule has 1 nitrogen and oxygen atoms in total. The number of hydrogen-bond acceptors (Lipinski definition) is 1. The smallest absolute Gasteiger partial charge is 0.0207 e. The molecule has 0 spiro atoms. The van der Waals surface area contributed by atoms with Crippen molar-refractivity contribution >= 4 is 15.9 Å². The van der Waals surface area contributed by atoms with Gasteiger partial charge in [0.05, 0.1) is 0 Å². The minimum atomic E-state index is 0.737. The van der Waals surface area contributed by atoms with E-state index in [1.807, 2.05) is 0 Å². The third-order valence-electron chi connectivity index (χ3n) is 4.59. The van der Waals surface area contributed by atoms with Gasteiger partial charge in [0.2, 0.25) is 0 Å². The van der Waals surface area contributed by atoms with Crippen LogP contribution in [0, 0.1) is 17.8 Å². The Bertz CT molecular complexity index is 410. The van der Waals surface area contributed by atoms with Crippen molar-refractivity contribution in [3.8, 4) is 0 Å². The second kappa shape index (κ2) is 8.95.